The van der Waals surface area contributed by atoms with E-state index in [0.29, 0.717) is 0 Å². The molecule has 0 spiro atoms. The van der Waals surface area contributed by atoms with Crippen LogP contribution in [0, 0.1) is 0 Å². The highest BCUT2D eigenvalue weighted by molar-refractivity contribution is 5.72. The Bertz CT molecular complexity index is 634. The van der Waals surface area contributed by atoms with E-state index in [-0.39, 0.29) is 0 Å². The Morgan fingerprint density at radius 3 is 2.39 bits per heavy atom. The summed E-state index contributed by atoms with van der Waals surface area (Å²) in [6, 6.07) is 13.7. The van der Waals surface area contributed by atoms with E-state index in [9.17, 15) is 0 Å². The number of aliphatic hydroxyl groups is 1. The highest BCUT2D eigenvalue weighted by atomic mass is 16.2. The SMILES string of the molecule is C/C=C\c1ccccc1/C(C)=C/O.CN(C)Nc1ccccn1. The lowest BCUT2D eigenvalue weighted by Crippen LogP contribution is -2.19. The van der Waals surface area contributed by atoms with E-state index in [2.05, 4.69) is 10.4 Å². The van der Waals surface area contributed by atoms with Gasteiger partial charge in [0, 0.05) is 20.3 Å². The number of hydrogen-bond acceptors (Lipinski definition) is 4. The molecule has 0 saturated carbocycles. The Hall–Kier alpha value is -2.59. The third-order valence-electron chi connectivity index (χ3n) is 2.93. The maximum atomic E-state index is 8.89. The normalized spacial score (nSPS) is 11.3. The number of aliphatic hydroxyl groups excluding tert-OH is 1. The summed E-state index contributed by atoms with van der Waals surface area (Å²) in [5, 5.41) is 10.7. The van der Waals surface area contributed by atoms with E-state index >= 15 is 0 Å². The quantitative estimate of drug-likeness (QED) is 0.639. The molecule has 0 aliphatic rings. The number of hydrogen-bond donors (Lipinski definition) is 2. The van der Waals surface area contributed by atoms with Crippen molar-refractivity contribution in [3.05, 3.63) is 72.1 Å². The van der Waals surface area contributed by atoms with Crippen molar-refractivity contribution >= 4 is 17.5 Å². The Morgan fingerprint density at radius 1 is 1.13 bits per heavy atom. The van der Waals surface area contributed by atoms with E-state index in [1.807, 2.05) is 87.6 Å². The lowest BCUT2D eigenvalue weighted by Gasteiger charge is -2.11. The molecule has 0 aliphatic heterocycles. The second-order valence-electron chi connectivity index (χ2n) is 5.12. The number of nitrogens with zero attached hydrogens (tertiary/aromatic N) is 2. The minimum Gasteiger partial charge on any atom is -0.515 e. The first-order valence-corrected chi connectivity index (χ1v) is 7.46. The summed E-state index contributed by atoms with van der Waals surface area (Å²) >= 11 is 0. The summed E-state index contributed by atoms with van der Waals surface area (Å²) in [6.07, 6.45) is 6.92. The summed E-state index contributed by atoms with van der Waals surface area (Å²) in [5.74, 6) is 0.868. The predicted octanol–water partition coefficient (Wildman–Crippen LogP) is 4.61. The Kier molecular flexibility index (Phi) is 8.18. The molecule has 2 aromatic rings. The molecule has 0 saturated heterocycles. The Morgan fingerprint density at radius 2 is 1.83 bits per heavy atom. The standard InChI is InChI=1S/C12H14O.C7H11N3/c1-3-6-11-7-4-5-8-12(11)10(2)9-13;1-10(2)9-7-5-3-4-6-8-7/h3-9,13H,1-2H3;3-6H,1-2H3,(H,8,9)/b6-3-,10-9+;. The minimum atomic E-state index is 0.868. The van der Waals surface area contributed by atoms with Gasteiger partial charge in [0.1, 0.15) is 5.82 Å². The van der Waals surface area contributed by atoms with Crippen LogP contribution in [0.3, 0.4) is 0 Å². The van der Waals surface area contributed by atoms with Crippen LogP contribution in [0.15, 0.2) is 61.0 Å². The molecule has 0 amide bonds. The number of allylic oxidation sites excluding steroid dienone is 2. The first-order valence-electron chi connectivity index (χ1n) is 7.46. The van der Waals surface area contributed by atoms with Crippen LogP contribution in [0.2, 0.25) is 0 Å². The van der Waals surface area contributed by atoms with Gasteiger partial charge in [0.2, 0.25) is 0 Å². The highest BCUT2D eigenvalue weighted by Crippen LogP contribution is 2.19. The van der Waals surface area contributed by atoms with Crippen LogP contribution >= 0.6 is 0 Å². The molecule has 4 heteroatoms. The van der Waals surface area contributed by atoms with Gasteiger partial charge in [-0.1, -0.05) is 42.5 Å². The van der Waals surface area contributed by atoms with Gasteiger partial charge in [-0.15, -0.1) is 0 Å². The van der Waals surface area contributed by atoms with Gasteiger partial charge in [0.05, 0.1) is 6.26 Å². The number of aromatic nitrogens is 1. The number of anilines is 1. The first-order chi connectivity index (χ1) is 11.1. The number of benzene rings is 1. The van der Waals surface area contributed by atoms with Gasteiger partial charge in [-0.3, -0.25) is 0 Å². The summed E-state index contributed by atoms with van der Waals surface area (Å²) in [6.45, 7) is 3.87. The molecule has 0 aliphatic carbocycles. The van der Waals surface area contributed by atoms with Crippen molar-refractivity contribution in [2.75, 3.05) is 19.5 Å². The third-order valence-corrected chi connectivity index (χ3v) is 2.93. The molecule has 0 radical (unpaired) electrons. The lowest BCUT2D eigenvalue weighted by atomic mass is 10.0. The molecule has 4 nitrogen and oxygen atoms in total. The van der Waals surface area contributed by atoms with E-state index in [1.165, 1.54) is 0 Å². The fourth-order valence-corrected chi connectivity index (χ4v) is 1.91. The zero-order valence-electron chi connectivity index (χ0n) is 14.2. The van der Waals surface area contributed by atoms with E-state index in [4.69, 9.17) is 5.11 Å². The molecule has 2 rings (SSSR count). The number of pyridine rings is 1. The summed E-state index contributed by atoms with van der Waals surface area (Å²) < 4.78 is 0. The molecule has 122 valence electrons. The number of rotatable bonds is 4. The van der Waals surface area contributed by atoms with Crippen LogP contribution in [0.5, 0.6) is 0 Å². The molecule has 0 unspecified atom stereocenters. The van der Waals surface area contributed by atoms with Gasteiger partial charge in [-0.2, -0.15) is 0 Å². The van der Waals surface area contributed by atoms with Gasteiger partial charge < -0.3 is 10.5 Å². The smallest absolute Gasteiger partial charge is 0.140 e. The van der Waals surface area contributed by atoms with Gasteiger partial charge in [0.15, 0.2) is 0 Å². The predicted molar refractivity (Wildman–Crippen MR) is 99.0 cm³/mol. The molecular formula is C19H25N3O. The first kappa shape index (κ1) is 18.5. The fourth-order valence-electron chi connectivity index (χ4n) is 1.91. The minimum absolute atomic E-state index is 0.868. The molecule has 1 aromatic heterocycles. The van der Waals surface area contributed by atoms with Crippen LogP contribution in [0.1, 0.15) is 25.0 Å². The van der Waals surface area contributed by atoms with E-state index < -0.39 is 0 Å². The third kappa shape index (κ3) is 6.80. The molecule has 23 heavy (non-hydrogen) atoms. The van der Waals surface area contributed by atoms with Gasteiger partial charge in [-0.05, 0) is 42.7 Å². The van der Waals surface area contributed by atoms with Crippen molar-refractivity contribution in [3.63, 3.8) is 0 Å². The second kappa shape index (κ2) is 10.2. The highest BCUT2D eigenvalue weighted by Gasteiger charge is 1.99. The number of nitrogens with one attached hydrogen (secondary N) is 1. The zero-order chi connectivity index (χ0) is 17.1. The lowest BCUT2D eigenvalue weighted by molar-refractivity contribution is 0.475. The molecule has 1 heterocycles. The van der Waals surface area contributed by atoms with Crippen LogP contribution in [-0.4, -0.2) is 29.2 Å². The maximum Gasteiger partial charge on any atom is 0.140 e. The van der Waals surface area contributed by atoms with Crippen molar-refractivity contribution in [2.45, 2.75) is 13.8 Å². The topological polar surface area (TPSA) is 48.4 Å². The largest absolute Gasteiger partial charge is 0.515 e. The van der Waals surface area contributed by atoms with Crippen LogP contribution in [-0.2, 0) is 0 Å². The van der Waals surface area contributed by atoms with Gasteiger partial charge >= 0.3 is 0 Å². The monoisotopic (exact) mass is 311 g/mol. The fraction of sp³-hybridized carbons (Fsp3) is 0.211. The second-order valence-corrected chi connectivity index (χ2v) is 5.12. The molecule has 0 atom stereocenters. The van der Waals surface area contributed by atoms with Crippen molar-refractivity contribution in [3.8, 4) is 0 Å². The zero-order valence-corrected chi connectivity index (χ0v) is 14.2. The maximum absolute atomic E-state index is 8.89. The van der Waals surface area contributed by atoms with Gasteiger partial charge in [0.25, 0.3) is 0 Å². The van der Waals surface area contributed by atoms with Crippen LogP contribution in [0.4, 0.5) is 5.82 Å². The van der Waals surface area contributed by atoms with E-state index in [0.717, 1.165) is 28.8 Å². The van der Waals surface area contributed by atoms with E-state index in [1.54, 1.807) is 6.20 Å². The summed E-state index contributed by atoms with van der Waals surface area (Å²) in [4.78, 5) is 4.07. The molecule has 0 fully saturated rings. The molecule has 0 bridgehead atoms. The Balaban J connectivity index is 0.000000238. The van der Waals surface area contributed by atoms with Crippen molar-refractivity contribution < 1.29 is 5.11 Å². The van der Waals surface area contributed by atoms with Crippen LogP contribution < -0.4 is 5.43 Å². The van der Waals surface area contributed by atoms with Crippen molar-refractivity contribution in [1.29, 1.82) is 0 Å². The average Bonchev–Trinajstić information content (AvgIpc) is 2.56. The molecule has 1 aromatic carbocycles. The van der Waals surface area contributed by atoms with Crippen molar-refractivity contribution in [1.82, 2.24) is 9.99 Å². The summed E-state index contributed by atoms with van der Waals surface area (Å²) in [7, 11) is 3.85. The summed E-state index contributed by atoms with van der Waals surface area (Å²) in [5.41, 5.74) is 6.11. The average molecular weight is 311 g/mol. The Labute approximate surface area is 138 Å². The van der Waals surface area contributed by atoms with Crippen LogP contribution in [0.25, 0.3) is 11.6 Å². The molecular weight excluding hydrogens is 286 g/mol. The number of hydrazine groups is 1. The molecule has 2 N–H and O–H groups in total. The van der Waals surface area contributed by atoms with Crippen molar-refractivity contribution in [2.24, 2.45) is 0 Å². The van der Waals surface area contributed by atoms with Gasteiger partial charge in [-0.25, -0.2) is 9.99 Å².